The molecular formula is C14H12BrFN4. The molecule has 20 heavy (non-hydrogen) atoms. The van der Waals surface area contributed by atoms with E-state index in [1.54, 1.807) is 29.0 Å². The van der Waals surface area contributed by atoms with Gasteiger partial charge < -0.3 is 5.73 Å². The Bertz CT molecular complexity index is 784. The zero-order chi connectivity index (χ0) is 14.3. The lowest BCUT2D eigenvalue weighted by molar-refractivity contribution is 0.565. The molecule has 2 heterocycles. The standard InChI is InChI=1S/C14H12BrFN4/c1-8(10-4-2-3-5-11(10)16)20-13-12(19-14(20)17)6-9(15)7-18-13/h2-8H,1H3,(H2,17,19). The van der Waals surface area contributed by atoms with Gasteiger partial charge >= 0.3 is 0 Å². The average molecular weight is 335 g/mol. The molecule has 0 fully saturated rings. The van der Waals surface area contributed by atoms with Crippen LogP contribution in [0.15, 0.2) is 41.0 Å². The largest absolute Gasteiger partial charge is 0.369 e. The van der Waals surface area contributed by atoms with Crippen LogP contribution in [-0.2, 0) is 0 Å². The zero-order valence-electron chi connectivity index (χ0n) is 10.7. The number of anilines is 1. The van der Waals surface area contributed by atoms with E-state index in [1.807, 2.05) is 13.0 Å². The maximum Gasteiger partial charge on any atom is 0.203 e. The second-order valence-electron chi connectivity index (χ2n) is 4.53. The summed E-state index contributed by atoms with van der Waals surface area (Å²) in [6.07, 6.45) is 1.67. The number of halogens is 2. The van der Waals surface area contributed by atoms with Gasteiger partial charge in [-0.3, -0.25) is 4.57 Å². The van der Waals surface area contributed by atoms with Gasteiger partial charge in [-0.2, -0.15) is 0 Å². The van der Waals surface area contributed by atoms with Crippen molar-refractivity contribution < 1.29 is 4.39 Å². The van der Waals surface area contributed by atoms with Crippen molar-refractivity contribution in [2.75, 3.05) is 5.73 Å². The number of nitrogen functional groups attached to an aromatic ring is 1. The molecule has 102 valence electrons. The van der Waals surface area contributed by atoms with Crippen LogP contribution in [-0.4, -0.2) is 14.5 Å². The molecule has 1 unspecified atom stereocenters. The normalized spacial score (nSPS) is 12.8. The maximum absolute atomic E-state index is 13.9. The molecule has 6 heteroatoms. The highest BCUT2D eigenvalue weighted by atomic mass is 79.9. The number of fused-ring (bicyclic) bond motifs is 1. The number of benzene rings is 1. The molecule has 4 nitrogen and oxygen atoms in total. The molecule has 3 aromatic rings. The molecule has 1 aromatic carbocycles. The van der Waals surface area contributed by atoms with Gasteiger partial charge in [0.25, 0.3) is 0 Å². The van der Waals surface area contributed by atoms with E-state index in [0.717, 1.165) is 4.47 Å². The lowest BCUT2D eigenvalue weighted by atomic mass is 10.1. The number of nitrogens with zero attached hydrogens (tertiary/aromatic N) is 3. The van der Waals surface area contributed by atoms with Crippen LogP contribution in [0.25, 0.3) is 11.2 Å². The summed E-state index contributed by atoms with van der Waals surface area (Å²) in [7, 11) is 0. The van der Waals surface area contributed by atoms with Crippen LogP contribution in [0.5, 0.6) is 0 Å². The van der Waals surface area contributed by atoms with Gasteiger partial charge in [-0.1, -0.05) is 18.2 Å². The molecule has 0 saturated heterocycles. The monoisotopic (exact) mass is 334 g/mol. The number of nitrogens with two attached hydrogens (primary N) is 1. The van der Waals surface area contributed by atoms with Crippen LogP contribution < -0.4 is 5.73 Å². The summed E-state index contributed by atoms with van der Waals surface area (Å²) < 4.78 is 16.5. The lowest BCUT2D eigenvalue weighted by Gasteiger charge is -2.16. The number of hydrogen-bond donors (Lipinski definition) is 1. The third-order valence-corrected chi connectivity index (χ3v) is 3.70. The van der Waals surface area contributed by atoms with Crippen LogP contribution in [0.1, 0.15) is 18.5 Å². The van der Waals surface area contributed by atoms with Crippen molar-refractivity contribution in [2.24, 2.45) is 0 Å². The zero-order valence-corrected chi connectivity index (χ0v) is 12.3. The first-order valence-electron chi connectivity index (χ1n) is 6.11. The Labute approximate surface area is 123 Å². The summed E-state index contributed by atoms with van der Waals surface area (Å²) in [5.74, 6) is 0.0553. The maximum atomic E-state index is 13.9. The van der Waals surface area contributed by atoms with E-state index in [-0.39, 0.29) is 11.9 Å². The van der Waals surface area contributed by atoms with Crippen molar-refractivity contribution in [3.05, 3.63) is 52.4 Å². The smallest absolute Gasteiger partial charge is 0.203 e. The van der Waals surface area contributed by atoms with Crippen molar-refractivity contribution in [3.63, 3.8) is 0 Å². The summed E-state index contributed by atoms with van der Waals surface area (Å²) in [4.78, 5) is 8.60. The van der Waals surface area contributed by atoms with E-state index in [9.17, 15) is 4.39 Å². The fourth-order valence-electron chi connectivity index (χ4n) is 2.31. The molecule has 0 aliphatic rings. The lowest BCUT2D eigenvalue weighted by Crippen LogP contribution is -2.12. The number of rotatable bonds is 2. The van der Waals surface area contributed by atoms with Crippen molar-refractivity contribution in [1.82, 2.24) is 14.5 Å². The van der Waals surface area contributed by atoms with E-state index < -0.39 is 0 Å². The first kappa shape index (κ1) is 13.1. The second kappa shape index (κ2) is 4.86. The Hall–Kier alpha value is -1.95. The fourth-order valence-corrected chi connectivity index (χ4v) is 2.63. The minimum atomic E-state index is -0.283. The minimum Gasteiger partial charge on any atom is -0.369 e. The molecule has 1 atom stereocenters. The molecule has 3 rings (SSSR count). The minimum absolute atomic E-state index is 0.265. The topological polar surface area (TPSA) is 56.7 Å². The Morgan fingerprint density at radius 1 is 1.35 bits per heavy atom. The molecule has 0 radical (unpaired) electrons. The van der Waals surface area contributed by atoms with Gasteiger partial charge in [-0.25, -0.2) is 14.4 Å². The van der Waals surface area contributed by atoms with Crippen molar-refractivity contribution in [1.29, 1.82) is 0 Å². The molecule has 0 aliphatic carbocycles. The molecular weight excluding hydrogens is 323 g/mol. The highest BCUT2D eigenvalue weighted by molar-refractivity contribution is 9.10. The molecule has 0 aliphatic heterocycles. The summed E-state index contributed by atoms with van der Waals surface area (Å²) in [5.41, 5.74) is 7.85. The molecule has 0 amide bonds. The fraction of sp³-hybridized carbons (Fsp3) is 0.143. The van der Waals surface area contributed by atoms with E-state index in [0.29, 0.717) is 22.7 Å². The van der Waals surface area contributed by atoms with Crippen LogP contribution in [0.3, 0.4) is 0 Å². The van der Waals surface area contributed by atoms with E-state index in [1.165, 1.54) is 6.07 Å². The Kier molecular flexibility index (Phi) is 3.17. The summed E-state index contributed by atoms with van der Waals surface area (Å²) in [6, 6.07) is 8.19. The second-order valence-corrected chi connectivity index (χ2v) is 5.45. The third-order valence-electron chi connectivity index (χ3n) is 3.27. The molecule has 0 saturated carbocycles. The quantitative estimate of drug-likeness (QED) is 0.779. The molecule has 2 aromatic heterocycles. The van der Waals surface area contributed by atoms with Gasteiger partial charge in [0.2, 0.25) is 5.95 Å². The number of imidazole rings is 1. The van der Waals surface area contributed by atoms with Gasteiger partial charge in [-0.15, -0.1) is 0 Å². The molecule has 0 spiro atoms. The van der Waals surface area contributed by atoms with Crippen LogP contribution in [0.4, 0.5) is 10.3 Å². The molecule has 0 bridgehead atoms. The third kappa shape index (κ3) is 2.06. The highest BCUT2D eigenvalue weighted by Gasteiger charge is 2.19. The van der Waals surface area contributed by atoms with Crippen LogP contribution in [0.2, 0.25) is 0 Å². The predicted octanol–water partition coefficient (Wildman–Crippen LogP) is 3.52. The number of hydrogen-bond acceptors (Lipinski definition) is 3. The Morgan fingerprint density at radius 2 is 2.10 bits per heavy atom. The Morgan fingerprint density at radius 3 is 2.85 bits per heavy atom. The first-order chi connectivity index (χ1) is 9.58. The predicted molar refractivity (Wildman–Crippen MR) is 79.9 cm³/mol. The number of aromatic nitrogens is 3. The SMILES string of the molecule is CC(c1ccccc1F)n1c(N)nc2cc(Br)cnc21. The van der Waals surface area contributed by atoms with Gasteiger partial charge in [0, 0.05) is 16.2 Å². The van der Waals surface area contributed by atoms with Crippen molar-refractivity contribution in [3.8, 4) is 0 Å². The average Bonchev–Trinajstić information content (AvgIpc) is 2.73. The summed E-state index contributed by atoms with van der Waals surface area (Å²) in [6.45, 7) is 1.87. The highest BCUT2D eigenvalue weighted by Crippen LogP contribution is 2.28. The van der Waals surface area contributed by atoms with Gasteiger partial charge in [0.15, 0.2) is 5.65 Å². The summed E-state index contributed by atoms with van der Waals surface area (Å²) >= 11 is 3.35. The van der Waals surface area contributed by atoms with E-state index >= 15 is 0 Å². The number of pyridine rings is 1. The van der Waals surface area contributed by atoms with Crippen LogP contribution >= 0.6 is 15.9 Å². The first-order valence-corrected chi connectivity index (χ1v) is 6.90. The van der Waals surface area contributed by atoms with E-state index in [4.69, 9.17) is 5.73 Å². The molecule has 2 N–H and O–H groups in total. The van der Waals surface area contributed by atoms with Gasteiger partial charge in [-0.05, 0) is 35.0 Å². The summed E-state index contributed by atoms with van der Waals surface area (Å²) in [5, 5.41) is 0. The van der Waals surface area contributed by atoms with Gasteiger partial charge in [0.05, 0.1) is 6.04 Å². The van der Waals surface area contributed by atoms with Crippen molar-refractivity contribution >= 4 is 33.0 Å². The van der Waals surface area contributed by atoms with Crippen LogP contribution in [0, 0.1) is 5.82 Å². The van der Waals surface area contributed by atoms with Gasteiger partial charge in [0.1, 0.15) is 11.3 Å². The van der Waals surface area contributed by atoms with E-state index in [2.05, 4.69) is 25.9 Å². The Balaban J connectivity index is 2.19. The van der Waals surface area contributed by atoms with Crippen molar-refractivity contribution in [2.45, 2.75) is 13.0 Å².